The highest BCUT2D eigenvalue weighted by molar-refractivity contribution is 5.93. The van der Waals surface area contributed by atoms with Gasteiger partial charge in [0.05, 0.1) is 17.2 Å². The van der Waals surface area contributed by atoms with Crippen LogP contribution in [0.1, 0.15) is 40.1 Å². The van der Waals surface area contributed by atoms with Crippen LogP contribution in [0.4, 0.5) is 0 Å². The first-order valence-corrected chi connectivity index (χ1v) is 10.5. The summed E-state index contributed by atoms with van der Waals surface area (Å²) in [6.45, 7) is 3.48. The minimum Gasteiger partial charge on any atom is -0.462 e. The molecular weight excluding hydrogens is 458 g/mol. The van der Waals surface area contributed by atoms with Crippen molar-refractivity contribution in [1.29, 1.82) is 0 Å². The molecule has 3 rings (SSSR count). The Morgan fingerprint density at radius 3 is 1.76 bits per heavy atom. The van der Waals surface area contributed by atoms with Gasteiger partial charge in [-0.25, -0.2) is 9.59 Å². The number of rotatable bonds is 8. The van der Waals surface area contributed by atoms with Crippen molar-refractivity contribution in [2.75, 3.05) is 0 Å². The second kappa shape index (κ2) is 12.5. The van der Waals surface area contributed by atoms with Crippen molar-refractivity contribution in [3.05, 3.63) is 95.6 Å². The molecular formula is C26H26ClNO6. The molecule has 0 heterocycles. The fourth-order valence-electron chi connectivity index (χ4n) is 2.97. The SMILES string of the molecule is CC(C)OC(=O)C(N)Cc1ccc(OC(=O)c2ccccc2)c(OC(=O)c2ccccc2)c1.Cl. The fraction of sp³-hybridized carbons (Fsp3) is 0.192. The fourth-order valence-corrected chi connectivity index (χ4v) is 2.97. The van der Waals surface area contributed by atoms with Crippen LogP contribution in [0.25, 0.3) is 0 Å². The Hall–Kier alpha value is -3.68. The molecule has 0 fully saturated rings. The average molecular weight is 484 g/mol. The molecule has 3 aromatic carbocycles. The van der Waals surface area contributed by atoms with Crippen LogP contribution in [0.3, 0.4) is 0 Å². The number of halogens is 1. The lowest BCUT2D eigenvalue weighted by Crippen LogP contribution is -2.35. The minimum atomic E-state index is -0.900. The molecule has 0 saturated carbocycles. The molecule has 1 unspecified atom stereocenters. The van der Waals surface area contributed by atoms with Crippen LogP contribution in [-0.2, 0) is 16.0 Å². The third-order valence-electron chi connectivity index (χ3n) is 4.54. The van der Waals surface area contributed by atoms with Crippen LogP contribution in [0, 0.1) is 0 Å². The van der Waals surface area contributed by atoms with E-state index in [9.17, 15) is 14.4 Å². The Labute approximate surface area is 204 Å². The zero-order valence-electron chi connectivity index (χ0n) is 18.8. The third-order valence-corrected chi connectivity index (χ3v) is 4.54. The van der Waals surface area contributed by atoms with Crippen molar-refractivity contribution in [2.45, 2.75) is 32.4 Å². The molecule has 7 nitrogen and oxygen atoms in total. The van der Waals surface area contributed by atoms with E-state index in [2.05, 4.69) is 0 Å². The van der Waals surface area contributed by atoms with E-state index < -0.39 is 23.9 Å². The number of ether oxygens (including phenoxy) is 3. The highest BCUT2D eigenvalue weighted by Crippen LogP contribution is 2.30. The first kappa shape index (κ1) is 26.6. The molecule has 3 aromatic rings. The van der Waals surface area contributed by atoms with Gasteiger partial charge in [0.25, 0.3) is 0 Å². The van der Waals surface area contributed by atoms with Crippen LogP contribution >= 0.6 is 12.4 Å². The molecule has 178 valence electrons. The smallest absolute Gasteiger partial charge is 0.343 e. The van der Waals surface area contributed by atoms with Crippen molar-refractivity contribution in [3.8, 4) is 11.5 Å². The number of esters is 3. The minimum absolute atomic E-state index is 0. The van der Waals surface area contributed by atoms with E-state index in [4.69, 9.17) is 19.9 Å². The predicted octanol–water partition coefficient (Wildman–Crippen LogP) is 4.37. The quantitative estimate of drug-likeness (QED) is 0.374. The topological polar surface area (TPSA) is 105 Å². The summed E-state index contributed by atoms with van der Waals surface area (Å²) in [5.74, 6) is -1.65. The van der Waals surface area contributed by atoms with Gasteiger partial charge in [-0.1, -0.05) is 42.5 Å². The van der Waals surface area contributed by atoms with Gasteiger partial charge >= 0.3 is 17.9 Å². The van der Waals surface area contributed by atoms with Gasteiger partial charge in [-0.2, -0.15) is 0 Å². The second-order valence-electron chi connectivity index (χ2n) is 7.59. The Morgan fingerprint density at radius 1 is 0.765 bits per heavy atom. The molecule has 0 aliphatic carbocycles. The number of benzene rings is 3. The van der Waals surface area contributed by atoms with Gasteiger partial charge in [0.15, 0.2) is 11.5 Å². The summed E-state index contributed by atoms with van der Waals surface area (Å²) >= 11 is 0. The van der Waals surface area contributed by atoms with E-state index in [1.165, 1.54) is 12.1 Å². The van der Waals surface area contributed by atoms with Crippen molar-refractivity contribution >= 4 is 30.3 Å². The molecule has 1 atom stereocenters. The van der Waals surface area contributed by atoms with Gasteiger partial charge in [-0.05, 0) is 62.2 Å². The van der Waals surface area contributed by atoms with Gasteiger partial charge in [0.1, 0.15) is 6.04 Å². The monoisotopic (exact) mass is 483 g/mol. The predicted molar refractivity (Wildman–Crippen MR) is 129 cm³/mol. The molecule has 0 amide bonds. The van der Waals surface area contributed by atoms with E-state index in [0.717, 1.165) is 0 Å². The molecule has 0 aromatic heterocycles. The van der Waals surface area contributed by atoms with Crippen LogP contribution in [0.15, 0.2) is 78.9 Å². The largest absolute Gasteiger partial charge is 0.462 e. The molecule has 0 aliphatic rings. The number of carbonyl (C=O) groups is 3. The number of nitrogens with two attached hydrogens (primary N) is 1. The molecule has 0 bridgehead atoms. The maximum atomic E-state index is 12.6. The van der Waals surface area contributed by atoms with E-state index >= 15 is 0 Å². The highest BCUT2D eigenvalue weighted by atomic mass is 35.5. The number of hydrogen-bond acceptors (Lipinski definition) is 7. The standard InChI is InChI=1S/C26H25NO6.ClH/c1-17(2)31-26(30)21(27)15-18-13-14-22(32-24(28)19-9-5-3-6-10-19)23(16-18)33-25(29)20-11-7-4-8-12-20;/h3-14,16-17,21H,15,27H2,1-2H3;1H. The second-order valence-corrected chi connectivity index (χ2v) is 7.59. The summed E-state index contributed by atoms with van der Waals surface area (Å²) in [5, 5.41) is 0. The molecule has 2 N–H and O–H groups in total. The summed E-state index contributed by atoms with van der Waals surface area (Å²) in [4.78, 5) is 37.2. The van der Waals surface area contributed by atoms with Gasteiger partial charge in [0, 0.05) is 0 Å². The van der Waals surface area contributed by atoms with Gasteiger partial charge in [-0.3, -0.25) is 4.79 Å². The highest BCUT2D eigenvalue weighted by Gasteiger charge is 2.20. The van der Waals surface area contributed by atoms with E-state index in [1.54, 1.807) is 80.6 Å². The van der Waals surface area contributed by atoms with Gasteiger partial charge in [-0.15, -0.1) is 12.4 Å². The Balaban J connectivity index is 0.00000408. The molecule has 0 saturated heterocycles. The first-order valence-electron chi connectivity index (χ1n) is 10.5. The summed E-state index contributed by atoms with van der Waals surface area (Å²) in [6.07, 6.45) is -0.139. The number of carbonyl (C=O) groups excluding carboxylic acids is 3. The Morgan fingerprint density at radius 2 is 1.26 bits per heavy atom. The summed E-state index contributed by atoms with van der Waals surface area (Å²) < 4.78 is 16.2. The molecule has 8 heteroatoms. The normalized spacial score (nSPS) is 11.2. The van der Waals surface area contributed by atoms with Crippen molar-refractivity contribution in [1.82, 2.24) is 0 Å². The van der Waals surface area contributed by atoms with E-state index in [-0.39, 0.29) is 36.4 Å². The Kier molecular flexibility index (Phi) is 9.79. The lowest BCUT2D eigenvalue weighted by molar-refractivity contribution is -0.148. The lowest BCUT2D eigenvalue weighted by Gasteiger charge is -2.16. The van der Waals surface area contributed by atoms with Gasteiger partial charge < -0.3 is 19.9 Å². The molecule has 0 aliphatic heterocycles. The van der Waals surface area contributed by atoms with Crippen molar-refractivity contribution < 1.29 is 28.6 Å². The number of hydrogen-bond donors (Lipinski definition) is 1. The first-order chi connectivity index (χ1) is 15.8. The van der Waals surface area contributed by atoms with Gasteiger partial charge in [0.2, 0.25) is 0 Å². The summed E-state index contributed by atoms with van der Waals surface area (Å²) in [6, 6.07) is 20.7. The van der Waals surface area contributed by atoms with E-state index in [0.29, 0.717) is 16.7 Å². The zero-order chi connectivity index (χ0) is 23.8. The van der Waals surface area contributed by atoms with Crippen LogP contribution in [0.2, 0.25) is 0 Å². The zero-order valence-corrected chi connectivity index (χ0v) is 19.6. The van der Waals surface area contributed by atoms with Crippen LogP contribution in [0.5, 0.6) is 11.5 Å². The molecule has 34 heavy (non-hydrogen) atoms. The maximum Gasteiger partial charge on any atom is 0.343 e. The summed E-state index contributed by atoms with van der Waals surface area (Å²) in [5.41, 5.74) is 7.26. The van der Waals surface area contributed by atoms with Crippen molar-refractivity contribution in [2.24, 2.45) is 5.73 Å². The van der Waals surface area contributed by atoms with Crippen molar-refractivity contribution in [3.63, 3.8) is 0 Å². The third kappa shape index (κ3) is 7.43. The summed E-state index contributed by atoms with van der Waals surface area (Å²) in [7, 11) is 0. The van der Waals surface area contributed by atoms with Crippen LogP contribution < -0.4 is 15.2 Å². The molecule has 0 spiro atoms. The van der Waals surface area contributed by atoms with Crippen LogP contribution in [-0.4, -0.2) is 30.1 Å². The molecule has 0 radical (unpaired) electrons. The lowest BCUT2D eigenvalue weighted by atomic mass is 10.1. The Bertz CT molecular complexity index is 1120. The maximum absolute atomic E-state index is 12.6. The van der Waals surface area contributed by atoms with E-state index in [1.807, 2.05) is 0 Å². The average Bonchev–Trinajstić information content (AvgIpc) is 2.81.